The summed E-state index contributed by atoms with van der Waals surface area (Å²) in [5.41, 5.74) is 12.5. The van der Waals surface area contributed by atoms with Crippen molar-refractivity contribution < 1.29 is 5.11 Å². The Hall–Kier alpha value is -5.22. The minimum Gasteiger partial charge on any atom is -0.507 e. The van der Waals surface area contributed by atoms with Crippen molar-refractivity contribution >= 4 is 21.9 Å². The third kappa shape index (κ3) is 5.48. The summed E-state index contributed by atoms with van der Waals surface area (Å²) in [6, 6.07) is 37.8. The highest BCUT2D eigenvalue weighted by Crippen LogP contribution is 2.40. The molecule has 5 aromatic carbocycles. The standard InChI is InChI=1S/C43H41N3O/c1-27-22-23-44-39-35(27)25-31(43(5,6)7)26-36(39)28-12-10-13-29(24-28)41-45-40-34(33-14-8-9-17-38(33)47)15-11-16-37(40)46(41)32-20-18-30(19-21-32)42(2,3)4/h8-26,47H,1-7H3. The summed E-state index contributed by atoms with van der Waals surface area (Å²) in [6.45, 7) is 15.6. The lowest BCUT2D eigenvalue weighted by molar-refractivity contribution is 0.477. The van der Waals surface area contributed by atoms with Crippen LogP contribution in [0.5, 0.6) is 5.75 Å². The van der Waals surface area contributed by atoms with Crippen LogP contribution >= 0.6 is 0 Å². The van der Waals surface area contributed by atoms with Gasteiger partial charge >= 0.3 is 0 Å². The van der Waals surface area contributed by atoms with Gasteiger partial charge in [-0.05, 0) is 88.5 Å². The Labute approximate surface area is 277 Å². The van der Waals surface area contributed by atoms with Gasteiger partial charge in [-0.25, -0.2) is 4.98 Å². The Kier molecular flexibility index (Phi) is 7.28. The summed E-state index contributed by atoms with van der Waals surface area (Å²) in [6.07, 6.45) is 1.91. The van der Waals surface area contributed by atoms with E-state index in [1.807, 2.05) is 36.5 Å². The number of phenols is 1. The zero-order chi connectivity index (χ0) is 33.1. The number of aromatic nitrogens is 3. The average molecular weight is 616 g/mol. The maximum atomic E-state index is 10.8. The minimum absolute atomic E-state index is 0.0184. The van der Waals surface area contributed by atoms with Crippen molar-refractivity contribution in [3.8, 4) is 45.1 Å². The van der Waals surface area contributed by atoms with E-state index >= 15 is 0 Å². The van der Waals surface area contributed by atoms with E-state index in [2.05, 4.69) is 126 Å². The Balaban J connectivity index is 1.49. The predicted octanol–water partition coefficient (Wildman–Crippen LogP) is 11.2. The highest BCUT2D eigenvalue weighted by atomic mass is 16.3. The van der Waals surface area contributed by atoms with Gasteiger partial charge in [0.1, 0.15) is 11.6 Å². The molecule has 0 spiro atoms. The molecule has 2 aromatic heterocycles. The first-order valence-corrected chi connectivity index (χ1v) is 16.3. The molecular weight excluding hydrogens is 574 g/mol. The molecule has 4 nitrogen and oxygen atoms in total. The molecule has 7 rings (SSSR count). The number of phenolic OH excluding ortho intramolecular Hbond substituents is 1. The number of hydrogen-bond acceptors (Lipinski definition) is 3. The number of hydrogen-bond donors (Lipinski definition) is 1. The number of aryl methyl sites for hydroxylation is 1. The molecule has 2 heterocycles. The van der Waals surface area contributed by atoms with E-state index in [0.717, 1.165) is 55.9 Å². The lowest BCUT2D eigenvalue weighted by Gasteiger charge is -2.22. The molecule has 0 atom stereocenters. The van der Waals surface area contributed by atoms with Gasteiger partial charge in [-0.15, -0.1) is 0 Å². The van der Waals surface area contributed by atoms with E-state index in [1.165, 1.54) is 22.1 Å². The number of rotatable bonds is 4. The van der Waals surface area contributed by atoms with Crippen molar-refractivity contribution in [3.63, 3.8) is 0 Å². The fourth-order valence-corrected chi connectivity index (χ4v) is 6.45. The fourth-order valence-electron chi connectivity index (χ4n) is 6.45. The number of nitrogens with zero attached hydrogens (tertiary/aromatic N) is 3. The number of imidazole rings is 1. The summed E-state index contributed by atoms with van der Waals surface area (Å²) >= 11 is 0. The molecule has 0 fully saturated rings. The van der Waals surface area contributed by atoms with Crippen molar-refractivity contribution in [1.29, 1.82) is 0 Å². The van der Waals surface area contributed by atoms with Crippen LogP contribution in [0.1, 0.15) is 58.2 Å². The second-order valence-electron chi connectivity index (χ2n) is 14.6. The molecule has 0 amide bonds. The van der Waals surface area contributed by atoms with Crippen molar-refractivity contribution in [3.05, 3.63) is 132 Å². The average Bonchev–Trinajstić information content (AvgIpc) is 3.44. The molecular formula is C43H41N3O. The molecule has 0 unspecified atom stereocenters. The summed E-state index contributed by atoms with van der Waals surface area (Å²) < 4.78 is 2.25. The molecule has 0 aliphatic carbocycles. The van der Waals surface area contributed by atoms with Crippen LogP contribution in [0.2, 0.25) is 0 Å². The van der Waals surface area contributed by atoms with Crippen LogP contribution in [0.15, 0.2) is 115 Å². The first-order valence-electron chi connectivity index (χ1n) is 16.3. The highest BCUT2D eigenvalue weighted by molar-refractivity contribution is 5.99. The second-order valence-corrected chi connectivity index (χ2v) is 14.6. The lowest BCUT2D eigenvalue weighted by atomic mass is 9.83. The number of para-hydroxylation sites is 2. The monoisotopic (exact) mass is 615 g/mol. The first kappa shape index (κ1) is 30.4. The number of fused-ring (bicyclic) bond motifs is 2. The van der Waals surface area contributed by atoms with Crippen molar-refractivity contribution in [1.82, 2.24) is 14.5 Å². The van der Waals surface area contributed by atoms with Crippen molar-refractivity contribution in [2.24, 2.45) is 0 Å². The molecule has 1 N–H and O–H groups in total. The molecule has 47 heavy (non-hydrogen) atoms. The van der Waals surface area contributed by atoms with E-state index < -0.39 is 0 Å². The number of pyridine rings is 1. The van der Waals surface area contributed by atoms with Gasteiger partial charge in [-0.3, -0.25) is 9.55 Å². The molecule has 0 saturated carbocycles. The third-order valence-corrected chi connectivity index (χ3v) is 9.23. The van der Waals surface area contributed by atoms with Gasteiger partial charge in [0, 0.05) is 39.5 Å². The molecule has 7 aromatic rings. The van der Waals surface area contributed by atoms with E-state index in [4.69, 9.17) is 9.97 Å². The van der Waals surface area contributed by atoms with Crippen molar-refractivity contribution in [2.75, 3.05) is 0 Å². The first-order chi connectivity index (χ1) is 22.4. The van der Waals surface area contributed by atoms with E-state index in [0.29, 0.717) is 0 Å². The third-order valence-electron chi connectivity index (χ3n) is 9.23. The summed E-state index contributed by atoms with van der Waals surface area (Å²) in [7, 11) is 0. The van der Waals surface area contributed by atoms with Crippen LogP contribution < -0.4 is 0 Å². The second kappa shape index (κ2) is 11.2. The van der Waals surface area contributed by atoms with E-state index in [-0.39, 0.29) is 16.6 Å². The molecule has 0 radical (unpaired) electrons. The smallest absolute Gasteiger partial charge is 0.145 e. The molecule has 0 saturated heterocycles. The molecule has 0 bridgehead atoms. The Morgan fingerprint density at radius 1 is 0.596 bits per heavy atom. The topological polar surface area (TPSA) is 50.9 Å². The zero-order valence-electron chi connectivity index (χ0n) is 28.3. The molecule has 0 aliphatic rings. The summed E-state index contributed by atoms with van der Waals surface area (Å²) in [4.78, 5) is 10.2. The Morgan fingerprint density at radius 3 is 2.00 bits per heavy atom. The summed E-state index contributed by atoms with van der Waals surface area (Å²) in [5.74, 6) is 1.08. The van der Waals surface area contributed by atoms with Crippen LogP contribution in [0.3, 0.4) is 0 Å². The Morgan fingerprint density at radius 2 is 1.28 bits per heavy atom. The molecule has 4 heteroatoms. The van der Waals surface area contributed by atoms with Gasteiger partial charge in [0.2, 0.25) is 0 Å². The van der Waals surface area contributed by atoms with Gasteiger partial charge in [-0.1, -0.05) is 102 Å². The van der Waals surface area contributed by atoms with Crippen molar-refractivity contribution in [2.45, 2.75) is 59.3 Å². The highest BCUT2D eigenvalue weighted by Gasteiger charge is 2.22. The maximum absolute atomic E-state index is 10.8. The minimum atomic E-state index is -0.0184. The summed E-state index contributed by atoms with van der Waals surface area (Å²) in [5, 5.41) is 12.0. The van der Waals surface area contributed by atoms with Crippen LogP contribution in [0.25, 0.3) is 61.3 Å². The number of aromatic hydroxyl groups is 1. The largest absolute Gasteiger partial charge is 0.507 e. The van der Waals surface area contributed by atoms with Gasteiger partial charge in [-0.2, -0.15) is 0 Å². The van der Waals surface area contributed by atoms with Gasteiger partial charge in [0.15, 0.2) is 0 Å². The normalized spacial score (nSPS) is 12.2. The van der Waals surface area contributed by atoms with Gasteiger partial charge in [0.05, 0.1) is 16.6 Å². The van der Waals surface area contributed by atoms with Crippen LogP contribution in [0.4, 0.5) is 0 Å². The number of benzene rings is 5. The molecule has 234 valence electrons. The fraction of sp³-hybridized carbons (Fsp3) is 0.209. The predicted molar refractivity (Wildman–Crippen MR) is 196 cm³/mol. The van der Waals surface area contributed by atoms with Gasteiger partial charge < -0.3 is 5.11 Å². The maximum Gasteiger partial charge on any atom is 0.145 e. The quantitative estimate of drug-likeness (QED) is 0.214. The Bertz CT molecular complexity index is 2280. The zero-order valence-corrected chi connectivity index (χ0v) is 28.3. The van der Waals surface area contributed by atoms with Gasteiger partial charge in [0.25, 0.3) is 0 Å². The SMILES string of the molecule is Cc1ccnc2c(-c3cccc(-c4nc5c(-c6ccccc6O)cccc5n4-c4ccc(C(C)(C)C)cc4)c3)cc(C(C)(C)C)cc12. The van der Waals surface area contributed by atoms with Crippen LogP contribution in [0, 0.1) is 6.92 Å². The van der Waals surface area contributed by atoms with E-state index in [1.54, 1.807) is 6.07 Å². The van der Waals surface area contributed by atoms with Crippen LogP contribution in [-0.2, 0) is 10.8 Å². The molecule has 0 aliphatic heterocycles. The van der Waals surface area contributed by atoms with E-state index in [9.17, 15) is 5.11 Å². The lowest BCUT2D eigenvalue weighted by Crippen LogP contribution is -2.11. The van der Waals surface area contributed by atoms with Crippen LogP contribution in [-0.4, -0.2) is 19.6 Å².